The maximum Gasteiger partial charge on any atom is 0.118 e. The summed E-state index contributed by atoms with van der Waals surface area (Å²) in [6.45, 7) is 4.18. The van der Waals surface area contributed by atoms with Gasteiger partial charge >= 0.3 is 0 Å². The Kier molecular flexibility index (Phi) is 4.58. The van der Waals surface area contributed by atoms with Gasteiger partial charge in [0.15, 0.2) is 0 Å². The van der Waals surface area contributed by atoms with Crippen molar-refractivity contribution in [1.82, 2.24) is 9.55 Å². The summed E-state index contributed by atoms with van der Waals surface area (Å²) in [7, 11) is 1.68. The number of imidazole rings is 1. The number of halogens is 1. The molecular weight excluding hydrogens is 236 g/mol. The van der Waals surface area contributed by atoms with E-state index in [0.29, 0.717) is 6.04 Å². The van der Waals surface area contributed by atoms with Gasteiger partial charge in [0.1, 0.15) is 11.6 Å². The molecule has 0 spiro atoms. The fourth-order valence-corrected chi connectivity index (χ4v) is 1.84. The Morgan fingerprint density at radius 1 is 1.24 bits per heavy atom. The zero-order valence-corrected chi connectivity index (χ0v) is 11.1. The van der Waals surface area contributed by atoms with E-state index in [1.165, 1.54) is 5.56 Å². The quantitative estimate of drug-likeness (QED) is 0.839. The molecule has 0 amide bonds. The Balaban J connectivity index is 0.00000144. The van der Waals surface area contributed by atoms with Gasteiger partial charge in [0.25, 0.3) is 0 Å². The summed E-state index contributed by atoms with van der Waals surface area (Å²) in [5, 5.41) is 0. The molecule has 1 unspecified atom stereocenters. The molecule has 1 aromatic heterocycles. The maximum atomic E-state index is 5.14. The highest BCUT2D eigenvalue weighted by Gasteiger charge is 2.09. The lowest BCUT2D eigenvalue weighted by Crippen LogP contribution is -2.07. The van der Waals surface area contributed by atoms with E-state index in [0.717, 1.165) is 11.6 Å². The third-order valence-electron chi connectivity index (χ3n) is 2.88. The fraction of sp³-hybridized carbons (Fsp3) is 0.308. The van der Waals surface area contributed by atoms with Crippen molar-refractivity contribution in [3.05, 3.63) is 48.0 Å². The molecule has 2 aromatic rings. The highest BCUT2D eigenvalue weighted by Crippen LogP contribution is 2.21. The topological polar surface area (TPSA) is 27.1 Å². The molecule has 1 atom stereocenters. The summed E-state index contributed by atoms with van der Waals surface area (Å²) < 4.78 is 7.30. The number of nitrogens with zero attached hydrogens (tertiary/aromatic N) is 2. The van der Waals surface area contributed by atoms with E-state index in [1.54, 1.807) is 7.11 Å². The summed E-state index contributed by atoms with van der Waals surface area (Å²) in [5.41, 5.74) is 1.25. The second-order valence-corrected chi connectivity index (χ2v) is 3.83. The molecule has 92 valence electrons. The Morgan fingerprint density at radius 2 is 1.88 bits per heavy atom. The molecule has 4 heteroatoms. The third-order valence-corrected chi connectivity index (χ3v) is 2.88. The van der Waals surface area contributed by atoms with Crippen LogP contribution in [0, 0.1) is 6.92 Å². The average molecular weight is 253 g/mol. The van der Waals surface area contributed by atoms with Crippen molar-refractivity contribution in [3.8, 4) is 5.75 Å². The fourth-order valence-electron chi connectivity index (χ4n) is 1.84. The van der Waals surface area contributed by atoms with Crippen molar-refractivity contribution in [1.29, 1.82) is 0 Å². The normalized spacial score (nSPS) is 11.7. The SMILES string of the molecule is COc1ccc(C(C)n2ccnc2C)cc1.Cl. The molecule has 0 bridgehead atoms. The lowest BCUT2D eigenvalue weighted by molar-refractivity contribution is 0.414. The zero-order chi connectivity index (χ0) is 11.5. The van der Waals surface area contributed by atoms with Gasteiger partial charge in [-0.25, -0.2) is 4.98 Å². The van der Waals surface area contributed by atoms with Crippen LogP contribution in [0.4, 0.5) is 0 Å². The van der Waals surface area contributed by atoms with Crippen LogP contribution in [-0.4, -0.2) is 16.7 Å². The highest BCUT2D eigenvalue weighted by molar-refractivity contribution is 5.85. The van der Waals surface area contributed by atoms with Gasteiger partial charge in [-0.15, -0.1) is 12.4 Å². The van der Waals surface area contributed by atoms with Crippen LogP contribution in [0.3, 0.4) is 0 Å². The van der Waals surface area contributed by atoms with Crippen LogP contribution < -0.4 is 4.74 Å². The van der Waals surface area contributed by atoms with Crippen molar-refractivity contribution in [2.75, 3.05) is 7.11 Å². The van der Waals surface area contributed by atoms with Gasteiger partial charge in [0.2, 0.25) is 0 Å². The first kappa shape index (κ1) is 13.6. The van der Waals surface area contributed by atoms with Crippen molar-refractivity contribution in [2.24, 2.45) is 0 Å². The Bertz CT molecular complexity index is 465. The first-order valence-corrected chi connectivity index (χ1v) is 5.35. The number of aromatic nitrogens is 2. The van der Waals surface area contributed by atoms with Crippen molar-refractivity contribution in [3.63, 3.8) is 0 Å². The summed E-state index contributed by atoms with van der Waals surface area (Å²) in [4.78, 5) is 4.24. The van der Waals surface area contributed by atoms with Crippen molar-refractivity contribution >= 4 is 12.4 Å². The van der Waals surface area contributed by atoms with Crippen molar-refractivity contribution < 1.29 is 4.74 Å². The van der Waals surface area contributed by atoms with Crippen molar-refractivity contribution in [2.45, 2.75) is 19.9 Å². The minimum atomic E-state index is 0. The molecule has 0 fully saturated rings. The van der Waals surface area contributed by atoms with E-state index >= 15 is 0 Å². The van der Waals surface area contributed by atoms with Crippen LogP contribution in [0.1, 0.15) is 24.4 Å². The molecule has 2 rings (SSSR count). The van der Waals surface area contributed by atoms with Gasteiger partial charge in [-0.2, -0.15) is 0 Å². The van der Waals surface area contributed by atoms with Crippen LogP contribution in [0.5, 0.6) is 5.75 Å². The molecule has 1 aromatic carbocycles. The van der Waals surface area contributed by atoms with Gasteiger partial charge < -0.3 is 9.30 Å². The van der Waals surface area contributed by atoms with E-state index in [9.17, 15) is 0 Å². The van der Waals surface area contributed by atoms with E-state index < -0.39 is 0 Å². The molecular formula is C13H17ClN2O. The molecule has 0 aliphatic heterocycles. The van der Waals surface area contributed by atoms with Gasteiger partial charge in [0, 0.05) is 12.4 Å². The standard InChI is InChI=1S/C13H16N2O.ClH/c1-10(15-9-8-14-11(15)2)12-4-6-13(16-3)7-5-12;/h4-10H,1-3H3;1H. The molecule has 1 heterocycles. The smallest absolute Gasteiger partial charge is 0.118 e. The summed E-state index contributed by atoms with van der Waals surface area (Å²) >= 11 is 0. The first-order valence-electron chi connectivity index (χ1n) is 5.35. The third kappa shape index (κ3) is 2.80. The lowest BCUT2D eigenvalue weighted by atomic mass is 10.1. The van der Waals surface area contributed by atoms with Gasteiger partial charge in [0.05, 0.1) is 13.2 Å². The Morgan fingerprint density at radius 3 is 2.35 bits per heavy atom. The number of methoxy groups -OCH3 is 1. The van der Waals surface area contributed by atoms with Crippen LogP contribution in [0.15, 0.2) is 36.7 Å². The first-order chi connectivity index (χ1) is 7.72. The monoisotopic (exact) mass is 252 g/mol. The summed E-state index contributed by atoms with van der Waals surface area (Å²) in [5.74, 6) is 1.92. The molecule has 0 aliphatic carbocycles. The zero-order valence-electron chi connectivity index (χ0n) is 10.3. The number of hydrogen-bond acceptors (Lipinski definition) is 2. The maximum absolute atomic E-state index is 5.14. The average Bonchev–Trinajstić information content (AvgIpc) is 2.75. The van der Waals surface area contributed by atoms with Gasteiger partial charge in [-0.1, -0.05) is 12.1 Å². The molecule has 0 N–H and O–H groups in total. The Labute approximate surface area is 108 Å². The van der Waals surface area contributed by atoms with Gasteiger partial charge in [-0.3, -0.25) is 0 Å². The summed E-state index contributed by atoms with van der Waals surface area (Å²) in [6, 6.07) is 8.44. The number of benzene rings is 1. The van der Waals surface area contributed by atoms with Crippen LogP contribution in [0.25, 0.3) is 0 Å². The molecule has 0 saturated heterocycles. The molecule has 3 nitrogen and oxygen atoms in total. The predicted octanol–water partition coefficient (Wildman–Crippen LogP) is 3.23. The van der Waals surface area contributed by atoms with Crippen LogP contribution in [0.2, 0.25) is 0 Å². The highest BCUT2D eigenvalue weighted by atomic mass is 35.5. The van der Waals surface area contributed by atoms with E-state index in [1.807, 2.05) is 31.5 Å². The minimum absolute atomic E-state index is 0. The van der Waals surface area contributed by atoms with E-state index in [4.69, 9.17) is 4.74 Å². The van der Waals surface area contributed by atoms with Gasteiger partial charge in [-0.05, 0) is 31.5 Å². The predicted molar refractivity (Wildman–Crippen MR) is 71.0 cm³/mol. The number of rotatable bonds is 3. The Hall–Kier alpha value is -1.48. The molecule has 0 aliphatic rings. The number of aryl methyl sites for hydroxylation is 1. The molecule has 0 radical (unpaired) electrons. The second kappa shape index (κ2) is 5.73. The lowest BCUT2D eigenvalue weighted by Gasteiger charge is -2.15. The van der Waals surface area contributed by atoms with Crippen LogP contribution >= 0.6 is 12.4 Å². The van der Waals surface area contributed by atoms with Crippen LogP contribution in [-0.2, 0) is 0 Å². The van der Waals surface area contributed by atoms with E-state index in [2.05, 4.69) is 28.6 Å². The largest absolute Gasteiger partial charge is 0.497 e. The number of ether oxygens (including phenoxy) is 1. The van der Waals surface area contributed by atoms with E-state index in [-0.39, 0.29) is 12.4 Å². The minimum Gasteiger partial charge on any atom is -0.497 e. The molecule has 17 heavy (non-hydrogen) atoms. The second-order valence-electron chi connectivity index (χ2n) is 3.83. The summed E-state index contributed by atoms with van der Waals surface area (Å²) in [6.07, 6.45) is 3.83. The number of hydrogen-bond donors (Lipinski definition) is 0. The molecule has 0 saturated carbocycles.